The van der Waals surface area contributed by atoms with Gasteiger partial charge in [0, 0.05) is 40.5 Å². The van der Waals surface area contributed by atoms with Gasteiger partial charge in [-0.15, -0.1) is 0 Å². The Morgan fingerprint density at radius 1 is 1.08 bits per heavy atom. The highest BCUT2D eigenvalue weighted by Crippen LogP contribution is 2.26. The number of amides is 1. The SMILES string of the molecule is O=C(NCc1ccccc1)c1cccc2[nH]c(-c3cn[nH]c3)cc12. The fourth-order valence-electron chi connectivity index (χ4n) is 2.78. The number of fused-ring (bicyclic) bond motifs is 1. The molecule has 0 saturated heterocycles. The second-order valence-electron chi connectivity index (χ2n) is 5.61. The third kappa shape index (κ3) is 2.67. The van der Waals surface area contributed by atoms with Crippen LogP contribution in [0.5, 0.6) is 0 Å². The van der Waals surface area contributed by atoms with Crippen LogP contribution in [0.1, 0.15) is 15.9 Å². The largest absolute Gasteiger partial charge is 0.354 e. The molecule has 24 heavy (non-hydrogen) atoms. The summed E-state index contributed by atoms with van der Waals surface area (Å²) in [5, 5.41) is 10.6. The number of aromatic nitrogens is 3. The lowest BCUT2D eigenvalue weighted by Gasteiger charge is -2.06. The summed E-state index contributed by atoms with van der Waals surface area (Å²) in [6.45, 7) is 0.509. The zero-order chi connectivity index (χ0) is 16.4. The smallest absolute Gasteiger partial charge is 0.252 e. The van der Waals surface area contributed by atoms with E-state index >= 15 is 0 Å². The van der Waals surface area contributed by atoms with Gasteiger partial charge in [-0.1, -0.05) is 36.4 Å². The Bertz CT molecular complexity index is 971. The van der Waals surface area contributed by atoms with E-state index < -0.39 is 0 Å². The monoisotopic (exact) mass is 316 g/mol. The highest BCUT2D eigenvalue weighted by atomic mass is 16.1. The minimum absolute atomic E-state index is 0.0813. The van der Waals surface area contributed by atoms with Crippen LogP contribution < -0.4 is 5.32 Å². The van der Waals surface area contributed by atoms with Gasteiger partial charge in [0.05, 0.1) is 6.20 Å². The van der Waals surface area contributed by atoms with Gasteiger partial charge in [-0.2, -0.15) is 5.10 Å². The Morgan fingerprint density at radius 3 is 2.75 bits per heavy atom. The van der Waals surface area contributed by atoms with Crippen LogP contribution in [0, 0.1) is 0 Å². The van der Waals surface area contributed by atoms with Crippen molar-refractivity contribution in [3.05, 3.63) is 78.1 Å². The van der Waals surface area contributed by atoms with Crippen molar-refractivity contribution in [1.29, 1.82) is 0 Å². The van der Waals surface area contributed by atoms with E-state index in [2.05, 4.69) is 20.5 Å². The fourth-order valence-corrected chi connectivity index (χ4v) is 2.78. The Balaban J connectivity index is 1.62. The molecule has 2 heterocycles. The Morgan fingerprint density at radius 2 is 1.96 bits per heavy atom. The van der Waals surface area contributed by atoms with E-state index in [9.17, 15) is 4.79 Å². The Kier molecular flexibility index (Phi) is 3.59. The standard InChI is InChI=1S/C19H16N4O/c24-19(20-10-13-5-2-1-3-6-13)15-7-4-8-17-16(15)9-18(23-17)14-11-21-22-12-14/h1-9,11-12,23H,10H2,(H,20,24)(H,21,22). The number of hydrogen-bond acceptors (Lipinski definition) is 2. The number of carbonyl (C=O) groups is 1. The second kappa shape index (κ2) is 6.04. The average Bonchev–Trinajstić information content (AvgIpc) is 3.29. The average molecular weight is 316 g/mol. The first kappa shape index (κ1) is 14.3. The molecule has 0 unspecified atom stereocenters. The molecule has 2 aromatic heterocycles. The van der Waals surface area contributed by atoms with Crippen molar-refractivity contribution >= 4 is 16.8 Å². The van der Waals surface area contributed by atoms with Gasteiger partial charge in [0.15, 0.2) is 0 Å². The number of H-pyrrole nitrogens is 2. The summed E-state index contributed by atoms with van der Waals surface area (Å²) < 4.78 is 0. The van der Waals surface area contributed by atoms with Crippen LogP contribution in [0.15, 0.2) is 67.0 Å². The second-order valence-corrected chi connectivity index (χ2v) is 5.61. The highest BCUT2D eigenvalue weighted by Gasteiger charge is 2.13. The molecule has 0 saturated carbocycles. The van der Waals surface area contributed by atoms with Crippen LogP contribution in [0.25, 0.3) is 22.2 Å². The quantitative estimate of drug-likeness (QED) is 0.539. The van der Waals surface area contributed by atoms with E-state index in [4.69, 9.17) is 0 Å². The topological polar surface area (TPSA) is 73.6 Å². The number of rotatable bonds is 4. The van der Waals surface area contributed by atoms with Crippen LogP contribution in [-0.4, -0.2) is 21.1 Å². The van der Waals surface area contributed by atoms with Gasteiger partial charge in [0.2, 0.25) is 0 Å². The molecular weight excluding hydrogens is 300 g/mol. The van der Waals surface area contributed by atoms with Crippen molar-refractivity contribution in [3.63, 3.8) is 0 Å². The lowest BCUT2D eigenvalue weighted by Crippen LogP contribution is -2.22. The van der Waals surface area contributed by atoms with Crippen molar-refractivity contribution in [3.8, 4) is 11.3 Å². The minimum Gasteiger partial charge on any atom is -0.354 e. The van der Waals surface area contributed by atoms with Gasteiger partial charge in [0.25, 0.3) is 5.91 Å². The van der Waals surface area contributed by atoms with Crippen molar-refractivity contribution < 1.29 is 4.79 Å². The molecule has 0 fully saturated rings. The zero-order valence-corrected chi connectivity index (χ0v) is 12.9. The van der Waals surface area contributed by atoms with Crippen LogP contribution in [0.4, 0.5) is 0 Å². The summed E-state index contributed by atoms with van der Waals surface area (Å²) in [4.78, 5) is 15.9. The molecule has 0 atom stereocenters. The fraction of sp³-hybridized carbons (Fsp3) is 0.0526. The van der Waals surface area contributed by atoms with Gasteiger partial charge in [-0.05, 0) is 23.8 Å². The molecule has 0 spiro atoms. The molecule has 1 amide bonds. The van der Waals surface area contributed by atoms with Gasteiger partial charge in [-0.3, -0.25) is 9.89 Å². The predicted molar refractivity (Wildman–Crippen MR) is 93.5 cm³/mol. The minimum atomic E-state index is -0.0813. The van der Waals surface area contributed by atoms with Crippen molar-refractivity contribution in [2.75, 3.05) is 0 Å². The first-order valence-electron chi connectivity index (χ1n) is 7.74. The molecule has 5 nitrogen and oxygen atoms in total. The number of nitrogens with one attached hydrogen (secondary N) is 3. The summed E-state index contributed by atoms with van der Waals surface area (Å²) in [7, 11) is 0. The van der Waals surface area contributed by atoms with Gasteiger partial charge >= 0.3 is 0 Å². The first-order chi connectivity index (χ1) is 11.8. The normalized spacial score (nSPS) is 10.8. The van der Waals surface area contributed by atoms with E-state index in [0.717, 1.165) is 27.7 Å². The number of hydrogen-bond donors (Lipinski definition) is 3. The van der Waals surface area contributed by atoms with Crippen molar-refractivity contribution in [2.45, 2.75) is 6.54 Å². The zero-order valence-electron chi connectivity index (χ0n) is 12.9. The molecule has 0 aliphatic heterocycles. The van der Waals surface area contributed by atoms with E-state index in [1.807, 2.05) is 60.8 Å². The Labute approximate surface area is 138 Å². The molecule has 118 valence electrons. The molecule has 0 radical (unpaired) electrons. The molecule has 5 heteroatoms. The first-order valence-corrected chi connectivity index (χ1v) is 7.74. The lowest BCUT2D eigenvalue weighted by molar-refractivity contribution is 0.0952. The number of carbonyl (C=O) groups excluding carboxylic acids is 1. The Hall–Kier alpha value is -3.34. The van der Waals surface area contributed by atoms with E-state index in [-0.39, 0.29) is 5.91 Å². The molecule has 2 aromatic carbocycles. The van der Waals surface area contributed by atoms with Crippen molar-refractivity contribution in [2.24, 2.45) is 0 Å². The maximum absolute atomic E-state index is 12.6. The van der Waals surface area contributed by atoms with E-state index in [1.54, 1.807) is 6.20 Å². The van der Waals surface area contributed by atoms with Gasteiger partial charge in [-0.25, -0.2) is 0 Å². The lowest BCUT2D eigenvalue weighted by atomic mass is 10.1. The van der Waals surface area contributed by atoms with Crippen LogP contribution in [0.3, 0.4) is 0 Å². The predicted octanol–water partition coefficient (Wildman–Crippen LogP) is 3.49. The summed E-state index contributed by atoms with van der Waals surface area (Å²) in [5.74, 6) is -0.0813. The molecule has 0 aliphatic rings. The number of benzene rings is 2. The highest BCUT2D eigenvalue weighted by molar-refractivity contribution is 6.07. The van der Waals surface area contributed by atoms with E-state index in [0.29, 0.717) is 12.1 Å². The maximum atomic E-state index is 12.6. The third-order valence-electron chi connectivity index (χ3n) is 4.01. The third-order valence-corrected chi connectivity index (χ3v) is 4.01. The van der Waals surface area contributed by atoms with E-state index in [1.165, 1.54) is 0 Å². The molecule has 4 rings (SSSR count). The number of aromatic amines is 2. The summed E-state index contributed by atoms with van der Waals surface area (Å²) >= 11 is 0. The number of nitrogens with zero attached hydrogens (tertiary/aromatic N) is 1. The summed E-state index contributed by atoms with van der Waals surface area (Å²) in [6, 6.07) is 17.6. The molecule has 4 aromatic rings. The molecule has 0 aliphatic carbocycles. The van der Waals surface area contributed by atoms with Crippen LogP contribution in [-0.2, 0) is 6.54 Å². The van der Waals surface area contributed by atoms with Gasteiger partial charge < -0.3 is 10.3 Å². The van der Waals surface area contributed by atoms with Crippen molar-refractivity contribution in [1.82, 2.24) is 20.5 Å². The van der Waals surface area contributed by atoms with Crippen LogP contribution >= 0.6 is 0 Å². The molecule has 3 N–H and O–H groups in total. The summed E-state index contributed by atoms with van der Waals surface area (Å²) in [6.07, 6.45) is 3.57. The van der Waals surface area contributed by atoms with Gasteiger partial charge in [0.1, 0.15) is 0 Å². The maximum Gasteiger partial charge on any atom is 0.252 e. The van der Waals surface area contributed by atoms with Crippen LogP contribution in [0.2, 0.25) is 0 Å². The molecule has 0 bridgehead atoms. The summed E-state index contributed by atoms with van der Waals surface area (Å²) in [5.41, 5.74) is 4.56. The molecular formula is C19H16N4O.